The van der Waals surface area contributed by atoms with Crippen molar-refractivity contribution in [3.63, 3.8) is 0 Å². The Bertz CT molecular complexity index is 1430. The summed E-state index contributed by atoms with van der Waals surface area (Å²) in [7, 11) is 0. The summed E-state index contributed by atoms with van der Waals surface area (Å²) in [5.74, 6) is 1.05. The molecule has 3 aliphatic rings. The summed E-state index contributed by atoms with van der Waals surface area (Å²) >= 11 is 0. The van der Waals surface area contributed by atoms with Gasteiger partial charge in [-0.3, -0.25) is 0 Å². The summed E-state index contributed by atoms with van der Waals surface area (Å²) < 4.78 is 2.55. The lowest BCUT2D eigenvalue weighted by molar-refractivity contribution is 0.405. The normalized spacial score (nSPS) is 22.6. The van der Waals surface area contributed by atoms with Crippen molar-refractivity contribution in [3.05, 3.63) is 113 Å². The molecule has 0 radical (unpaired) electrons. The van der Waals surface area contributed by atoms with Crippen molar-refractivity contribution >= 4 is 11.4 Å². The van der Waals surface area contributed by atoms with Crippen molar-refractivity contribution in [2.75, 3.05) is 5.32 Å². The van der Waals surface area contributed by atoms with Crippen LogP contribution < -0.4 is 5.32 Å². The summed E-state index contributed by atoms with van der Waals surface area (Å²) in [4.78, 5) is 4.66. The van der Waals surface area contributed by atoms with Gasteiger partial charge in [-0.25, -0.2) is 4.98 Å². The average molecular weight is 462 g/mol. The highest BCUT2D eigenvalue weighted by atomic mass is 15.0. The number of nitrogens with zero attached hydrogens (tertiary/aromatic N) is 2. The van der Waals surface area contributed by atoms with E-state index in [1.807, 2.05) is 12.3 Å². The van der Waals surface area contributed by atoms with E-state index in [1.54, 1.807) is 6.20 Å². The maximum atomic E-state index is 4.66. The zero-order valence-electron chi connectivity index (χ0n) is 21.8. The second-order valence-electron chi connectivity index (χ2n) is 10.3. The third kappa shape index (κ3) is 3.21. The quantitative estimate of drug-likeness (QED) is 0.485. The molecule has 1 aliphatic heterocycles. The Kier molecular flexibility index (Phi) is 5.47. The molecule has 0 amide bonds. The largest absolute Gasteiger partial charge is 0.347 e. The minimum absolute atomic E-state index is 0.141. The van der Waals surface area contributed by atoms with Crippen LogP contribution in [0.25, 0.3) is 16.7 Å². The van der Waals surface area contributed by atoms with E-state index < -0.39 is 0 Å². The van der Waals surface area contributed by atoms with E-state index >= 15 is 0 Å². The smallest absolute Gasteiger partial charge is 0.137 e. The number of pyridine rings is 1. The fraction of sp³-hybridized carbons (Fsp3) is 0.281. The highest BCUT2D eigenvalue weighted by Crippen LogP contribution is 2.62. The van der Waals surface area contributed by atoms with Crippen molar-refractivity contribution in [1.82, 2.24) is 9.55 Å². The fourth-order valence-corrected chi connectivity index (χ4v) is 6.53. The first-order valence-electron chi connectivity index (χ1n) is 12.4. The third-order valence-electron chi connectivity index (χ3n) is 7.85. The van der Waals surface area contributed by atoms with Gasteiger partial charge in [0.15, 0.2) is 0 Å². The first kappa shape index (κ1) is 23.2. The molecule has 0 saturated carbocycles. The molecule has 3 nitrogen and oxygen atoms in total. The van der Waals surface area contributed by atoms with Crippen LogP contribution in [0.2, 0.25) is 0 Å². The van der Waals surface area contributed by atoms with Gasteiger partial charge in [0, 0.05) is 52.2 Å². The van der Waals surface area contributed by atoms with Crippen LogP contribution in [0.1, 0.15) is 57.5 Å². The summed E-state index contributed by atoms with van der Waals surface area (Å²) in [6, 6.07) is 4.19. The predicted octanol–water partition coefficient (Wildman–Crippen LogP) is 8.27. The van der Waals surface area contributed by atoms with E-state index in [-0.39, 0.29) is 11.3 Å². The molecule has 0 bridgehead atoms. The average Bonchev–Trinajstić information content (AvgIpc) is 3.11. The number of allylic oxidation sites excluding steroid dienone is 11. The number of anilines is 1. The van der Waals surface area contributed by atoms with Crippen molar-refractivity contribution in [2.24, 2.45) is 5.41 Å². The predicted molar refractivity (Wildman–Crippen MR) is 149 cm³/mol. The van der Waals surface area contributed by atoms with Crippen LogP contribution in [-0.2, 0) is 6.54 Å². The lowest BCUT2D eigenvalue weighted by Gasteiger charge is -2.48. The van der Waals surface area contributed by atoms with E-state index in [9.17, 15) is 0 Å². The highest BCUT2D eigenvalue weighted by Gasteiger charge is 2.50. The molecule has 1 N–H and O–H groups in total. The number of nitrogens with one attached hydrogen (secondary N) is 1. The van der Waals surface area contributed by atoms with E-state index in [2.05, 4.69) is 106 Å². The molecule has 2 unspecified atom stereocenters. The molecule has 0 aromatic carbocycles. The van der Waals surface area contributed by atoms with E-state index in [0.29, 0.717) is 0 Å². The van der Waals surface area contributed by atoms with E-state index in [4.69, 9.17) is 0 Å². The molecule has 5 rings (SSSR count). The zero-order chi connectivity index (χ0) is 25.1. The number of hydrogen-bond acceptors (Lipinski definition) is 2. The molecule has 2 aromatic heterocycles. The molecule has 2 atom stereocenters. The molecule has 2 aromatic rings. The number of rotatable bonds is 5. The Morgan fingerprint density at radius 3 is 2.71 bits per heavy atom. The molecule has 178 valence electrons. The SMILES string of the molecule is C=CNc1ncccc1-c1c2c3n(c1C)CC(C=C(C)C)=C1C(=C)C=CC(C)(C(/C=C\C)=C2C)C13. The minimum Gasteiger partial charge on any atom is -0.347 e. The van der Waals surface area contributed by atoms with Crippen molar-refractivity contribution < 1.29 is 0 Å². The van der Waals surface area contributed by atoms with Crippen LogP contribution in [0.5, 0.6) is 0 Å². The molecular formula is C32H35N3. The maximum Gasteiger partial charge on any atom is 0.137 e. The van der Waals surface area contributed by atoms with Crippen LogP contribution in [0, 0.1) is 12.3 Å². The van der Waals surface area contributed by atoms with Crippen molar-refractivity contribution in [2.45, 2.75) is 54.0 Å². The van der Waals surface area contributed by atoms with Crippen LogP contribution in [0.3, 0.4) is 0 Å². The van der Waals surface area contributed by atoms with Gasteiger partial charge < -0.3 is 9.88 Å². The standard InChI is InChI=1S/C32H35N3/c1-9-12-25-21(6)27-28(24-13-11-16-34-31(24)33-10-2)22(7)35-18-23(17-19(3)4)26-20(5)14-15-32(25,8)29(26)30(27)35/h9-17,29H,2,5,18H2,1,3-4,6-8H3,(H,33,34)/b12-9-. The highest BCUT2D eigenvalue weighted by molar-refractivity contribution is 5.93. The number of hydrogen-bond donors (Lipinski definition) is 1. The van der Waals surface area contributed by atoms with Gasteiger partial charge >= 0.3 is 0 Å². The first-order chi connectivity index (χ1) is 16.7. The lowest BCUT2D eigenvalue weighted by atomic mass is 9.56. The molecule has 3 heteroatoms. The van der Waals surface area contributed by atoms with Gasteiger partial charge in [0.1, 0.15) is 5.82 Å². The van der Waals surface area contributed by atoms with Gasteiger partial charge in [0.05, 0.1) is 0 Å². The molecular weight excluding hydrogens is 426 g/mol. The van der Waals surface area contributed by atoms with Gasteiger partial charge in [-0.05, 0) is 80.8 Å². The van der Waals surface area contributed by atoms with Gasteiger partial charge in [-0.2, -0.15) is 0 Å². The molecule has 3 heterocycles. The van der Waals surface area contributed by atoms with Gasteiger partial charge in [0.2, 0.25) is 0 Å². The minimum atomic E-state index is -0.141. The second kappa shape index (κ2) is 8.27. The second-order valence-corrected chi connectivity index (χ2v) is 10.3. The molecule has 0 fully saturated rings. The Labute approximate surface area is 209 Å². The van der Waals surface area contributed by atoms with Crippen molar-refractivity contribution in [3.8, 4) is 11.1 Å². The maximum absolute atomic E-state index is 4.66. The summed E-state index contributed by atoms with van der Waals surface area (Å²) in [6.07, 6.45) is 15.0. The first-order valence-corrected chi connectivity index (χ1v) is 12.4. The molecule has 2 aliphatic carbocycles. The fourth-order valence-electron chi connectivity index (χ4n) is 6.53. The monoisotopic (exact) mass is 461 g/mol. The Morgan fingerprint density at radius 2 is 2.03 bits per heavy atom. The summed E-state index contributed by atoms with van der Waals surface area (Å²) in [5.41, 5.74) is 14.2. The summed E-state index contributed by atoms with van der Waals surface area (Å²) in [5, 5.41) is 3.27. The zero-order valence-corrected chi connectivity index (χ0v) is 21.8. The van der Waals surface area contributed by atoms with Gasteiger partial charge in [0.25, 0.3) is 0 Å². The van der Waals surface area contributed by atoms with E-state index in [0.717, 1.165) is 23.5 Å². The van der Waals surface area contributed by atoms with Crippen LogP contribution in [0.15, 0.2) is 95.9 Å². The molecule has 0 spiro atoms. The third-order valence-corrected chi connectivity index (χ3v) is 7.85. The topological polar surface area (TPSA) is 29.9 Å². The Balaban J connectivity index is 1.95. The Hall–Kier alpha value is -3.59. The van der Waals surface area contributed by atoms with Gasteiger partial charge in [-0.15, -0.1) is 0 Å². The van der Waals surface area contributed by atoms with Crippen LogP contribution in [-0.4, -0.2) is 9.55 Å². The molecule has 0 saturated heterocycles. The lowest BCUT2D eigenvalue weighted by Crippen LogP contribution is -2.38. The van der Waals surface area contributed by atoms with Crippen LogP contribution in [0.4, 0.5) is 5.82 Å². The Morgan fingerprint density at radius 1 is 1.26 bits per heavy atom. The van der Waals surface area contributed by atoms with Crippen LogP contribution >= 0.6 is 0 Å². The summed E-state index contributed by atoms with van der Waals surface area (Å²) in [6.45, 7) is 22.7. The molecule has 35 heavy (non-hydrogen) atoms. The van der Waals surface area contributed by atoms with Gasteiger partial charge in [-0.1, -0.05) is 56.0 Å². The van der Waals surface area contributed by atoms with E-state index in [1.165, 1.54) is 50.4 Å². The number of aromatic nitrogens is 2. The van der Waals surface area contributed by atoms with Crippen molar-refractivity contribution in [1.29, 1.82) is 0 Å².